The monoisotopic (exact) mass is 451 g/mol. The van der Waals surface area contributed by atoms with E-state index >= 15 is 0 Å². The highest BCUT2D eigenvalue weighted by Gasteiger charge is 2.28. The number of benzene rings is 1. The van der Waals surface area contributed by atoms with Crippen molar-refractivity contribution >= 4 is 34.3 Å². The van der Waals surface area contributed by atoms with Crippen molar-refractivity contribution in [3.8, 4) is 5.75 Å². The first-order valence-electron chi connectivity index (χ1n) is 10.2. The molecular formula is C21H29N3O4S2. The number of hydrogen-bond acceptors (Lipinski definition) is 7. The molecule has 1 aliphatic carbocycles. The number of thiazole rings is 1. The lowest BCUT2D eigenvalue weighted by Gasteiger charge is -2.36. The van der Waals surface area contributed by atoms with Gasteiger partial charge in [-0.25, -0.2) is 9.78 Å². The molecule has 1 aliphatic rings. The number of nitrogens with zero attached hydrogens (tertiary/aromatic N) is 2. The predicted molar refractivity (Wildman–Crippen MR) is 120 cm³/mol. The van der Waals surface area contributed by atoms with Crippen molar-refractivity contribution in [1.82, 2.24) is 9.88 Å². The lowest BCUT2D eigenvalue weighted by molar-refractivity contribution is -0.0186. The smallest absolute Gasteiger partial charge is 0.324 e. The lowest BCUT2D eigenvalue weighted by Crippen LogP contribution is -2.46. The minimum Gasteiger partial charge on any atom is -0.492 e. The average molecular weight is 452 g/mol. The summed E-state index contributed by atoms with van der Waals surface area (Å²) in [6, 6.07) is 9.64. The number of amides is 2. The van der Waals surface area contributed by atoms with Crippen LogP contribution in [0.2, 0.25) is 0 Å². The first-order valence-corrected chi connectivity index (χ1v) is 12.0. The number of carbonyl (C=O) groups is 1. The topological polar surface area (TPSA) is 94.9 Å². The molecule has 0 unspecified atom stereocenters. The Balaban J connectivity index is 1.59. The maximum absolute atomic E-state index is 13.1. The fourth-order valence-electron chi connectivity index (χ4n) is 3.49. The Hall–Kier alpha value is -1.81. The van der Waals surface area contributed by atoms with Crippen molar-refractivity contribution < 1.29 is 19.7 Å². The zero-order chi connectivity index (χ0) is 21.3. The maximum atomic E-state index is 13.1. The Kier molecular flexibility index (Phi) is 8.80. The standard InChI is InChI=1S/C21H29N3O4S2/c1-15-7-9-16(10-8-15)24(11-12-28-17-5-3-2-4-6-17)21(27)23-20-22-13-19(30-20)29-14-18(25)26/h2-6,13,15-16,18,25-26H,7-12,14H2,1H3,(H,22,23,27). The van der Waals surface area contributed by atoms with Gasteiger partial charge in [0.25, 0.3) is 0 Å². The van der Waals surface area contributed by atoms with E-state index in [9.17, 15) is 4.79 Å². The maximum Gasteiger partial charge on any atom is 0.324 e. The summed E-state index contributed by atoms with van der Waals surface area (Å²) in [6.07, 6.45) is 4.49. The molecule has 0 bridgehead atoms. The van der Waals surface area contributed by atoms with Gasteiger partial charge in [-0.3, -0.25) is 5.32 Å². The lowest BCUT2D eigenvalue weighted by atomic mass is 9.86. The Labute approximate surface area is 185 Å². The minimum absolute atomic E-state index is 0.165. The van der Waals surface area contributed by atoms with Crippen LogP contribution < -0.4 is 10.1 Å². The molecule has 7 nitrogen and oxygen atoms in total. The third-order valence-corrected chi connectivity index (χ3v) is 7.27. The highest BCUT2D eigenvalue weighted by atomic mass is 32.2. The zero-order valence-corrected chi connectivity index (χ0v) is 18.7. The summed E-state index contributed by atoms with van der Waals surface area (Å²) in [5.74, 6) is 1.66. The molecule has 0 spiro atoms. The Morgan fingerprint density at radius 2 is 2.03 bits per heavy atom. The Bertz CT molecular complexity index is 780. The summed E-state index contributed by atoms with van der Waals surface area (Å²) < 4.78 is 6.64. The number of thioether (sulfide) groups is 1. The quantitative estimate of drug-likeness (QED) is 0.393. The number of hydrogen-bond donors (Lipinski definition) is 3. The number of anilines is 1. The van der Waals surface area contributed by atoms with Crippen LogP contribution in [0.1, 0.15) is 32.6 Å². The van der Waals surface area contributed by atoms with Crippen LogP contribution in [0.3, 0.4) is 0 Å². The molecule has 2 aromatic rings. The third-order valence-electron chi connectivity index (χ3n) is 5.10. The highest BCUT2D eigenvalue weighted by Crippen LogP contribution is 2.30. The van der Waals surface area contributed by atoms with Crippen LogP contribution in [0.25, 0.3) is 0 Å². The van der Waals surface area contributed by atoms with E-state index in [1.807, 2.05) is 35.2 Å². The first kappa shape index (κ1) is 22.9. The van der Waals surface area contributed by atoms with Gasteiger partial charge in [-0.05, 0) is 43.7 Å². The van der Waals surface area contributed by atoms with Crippen LogP contribution in [-0.2, 0) is 0 Å². The van der Waals surface area contributed by atoms with Gasteiger partial charge >= 0.3 is 6.03 Å². The normalized spacial score (nSPS) is 18.9. The van der Waals surface area contributed by atoms with Gasteiger partial charge < -0.3 is 19.8 Å². The van der Waals surface area contributed by atoms with Gasteiger partial charge in [0.05, 0.1) is 17.0 Å². The van der Waals surface area contributed by atoms with Crippen molar-refractivity contribution in [1.29, 1.82) is 0 Å². The molecule has 0 saturated heterocycles. The highest BCUT2D eigenvalue weighted by molar-refractivity contribution is 8.01. The molecule has 164 valence electrons. The van der Waals surface area contributed by atoms with Crippen LogP contribution in [0, 0.1) is 5.92 Å². The van der Waals surface area contributed by atoms with Crippen molar-refractivity contribution in [3.63, 3.8) is 0 Å². The van der Waals surface area contributed by atoms with Gasteiger partial charge in [-0.15, -0.1) is 11.8 Å². The number of carbonyl (C=O) groups excluding carboxylic acids is 1. The Morgan fingerprint density at radius 1 is 1.30 bits per heavy atom. The van der Waals surface area contributed by atoms with E-state index in [-0.39, 0.29) is 17.8 Å². The molecule has 3 N–H and O–H groups in total. The molecule has 1 saturated carbocycles. The number of rotatable bonds is 9. The van der Waals surface area contributed by atoms with Crippen LogP contribution in [0.15, 0.2) is 40.7 Å². The predicted octanol–water partition coefficient (Wildman–Crippen LogP) is 4.04. The van der Waals surface area contributed by atoms with E-state index in [2.05, 4.69) is 17.2 Å². The molecular weight excluding hydrogens is 422 g/mol. The van der Waals surface area contributed by atoms with Crippen LogP contribution in [-0.4, -0.2) is 57.4 Å². The summed E-state index contributed by atoms with van der Waals surface area (Å²) in [5.41, 5.74) is 0. The van der Waals surface area contributed by atoms with E-state index in [1.54, 1.807) is 6.20 Å². The molecule has 1 fully saturated rings. The third kappa shape index (κ3) is 7.16. The average Bonchev–Trinajstić information content (AvgIpc) is 3.18. The number of aliphatic hydroxyl groups excluding tert-OH is 1. The second-order valence-electron chi connectivity index (χ2n) is 7.47. The second-order valence-corrected chi connectivity index (χ2v) is 9.83. The van der Waals surface area contributed by atoms with Crippen molar-refractivity contribution in [3.05, 3.63) is 36.5 Å². The minimum atomic E-state index is -1.37. The number of ether oxygens (including phenoxy) is 1. The van der Waals surface area contributed by atoms with Gasteiger partial charge in [0.2, 0.25) is 0 Å². The van der Waals surface area contributed by atoms with E-state index in [4.69, 9.17) is 14.9 Å². The molecule has 1 aromatic heterocycles. The number of nitrogens with one attached hydrogen (secondary N) is 1. The molecule has 30 heavy (non-hydrogen) atoms. The second kappa shape index (κ2) is 11.5. The summed E-state index contributed by atoms with van der Waals surface area (Å²) in [7, 11) is 0. The molecule has 3 rings (SSSR count). The van der Waals surface area contributed by atoms with E-state index in [0.29, 0.717) is 24.2 Å². The molecule has 0 aliphatic heterocycles. The summed E-state index contributed by atoms with van der Waals surface area (Å²) in [4.78, 5) is 19.2. The van der Waals surface area contributed by atoms with Gasteiger partial charge in [0.15, 0.2) is 11.4 Å². The van der Waals surface area contributed by atoms with Crippen LogP contribution >= 0.6 is 23.1 Å². The fraction of sp³-hybridized carbons (Fsp3) is 0.524. The van der Waals surface area contributed by atoms with Crippen LogP contribution in [0.4, 0.5) is 9.93 Å². The van der Waals surface area contributed by atoms with Gasteiger partial charge in [-0.1, -0.05) is 36.5 Å². The van der Waals surface area contributed by atoms with Gasteiger partial charge in [0, 0.05) is 11.8 Å². The van der Waals surface area contributed by atoms with E-state index in [0.717, 1.165) is 35.6 Å². The first-order chi connectivity index (χ1) is 14.5. The summed E-state index contributed by atoms with van der Waals surface area (Å²) in [5, 5.41) is 21.4. The number of aliphatic hydroxyl groups is 2. The van der Waals surface area contributed by atoms with Crippen molar-refractivity contribution in [2.75, 3.05) is 24.2 Å². The Morgan fingerprint density at radius 3 is 2.73 bits per heavy atom. The van der Waals surface area contributed by atoms with Gasteiger partial charge in [0.1, 0.15) is 12.4 Å². The summed E-state index contributed by atoms with van der Waals surface area (Å²) >= 11 is 2.62. The van der Waals surface area contributed by atoms with Crippen molar-refractivity contribution in [2.24, 2.45) is 5.92 Å². The number of aromatic nitrogens is 1. The SMILES string of the molecule is CC1CCC(N(CCOc2ccccc2)C(=O)Nc2ncc(SCC(O)O)s2)CC1. The van der Waals surface area contributed by atoms with Crippen molar-refractivity contribution in [2.45, 2.75) is 49.1 Å². The molecule has 1 heterocycles. The zero-order valence-electron chi connectivity index (χ0n) is 17.1. The molecule has 0 radical (unpaired) electrons. The van der Waals surface area contributed by atoms with Crippen LogP contribution in [0.5, 0.6) is 5.75 Å². The van der Waals surface area contributed by atoms with E-state index < -0.39 is 6.29 Å². The fourth-order valence-corrected chi connectivity index (χ4v) is 5.14. The summed E-state index contributed by atoms with van der Waals surface area (Å²) in [6.45, 7) is 3.19. The number of para-hydroxylation sites is 1. The molecule has 1 aromatic carbocycles. The number of urea groups is 1. The molecule has 9 heteroatoms. The largest absolute Gasteiger partial charge is 0.492 e. The van der Waals surface area contributed by atoms with E-state index in [1.165, 1.54) is 23.1 Å². The molecule has 0 atom stereocenters. The van der Waals surface area contributed by atoms with Gasteiger partial charge in [-0.2, -0.15) is 0 Å². The molecule has 2 amide bonds.